The van der Waals surface area contributed by atoms with Gasteiger partial charge in [-0.2, -0.15) is 0 Å². The van der Waals surface area contributed by atoms with Crippen LogP contribution in [0.5, 0.6) is 11.6 Å². The Morgan fingerprint density at radius 1 is 1.38 bits per heavy atom. The molecule has 0 radical (unpaired) electrons. The van der Waals surface area contributed by atoms with Crippen molar-refractivity contribution in [2.24, 2.45) is 0 Å². The molecule has 112 valence electrons. The van der Waals surface area contributed by atoms with Crippen LogP contribution in [0.25, 0.3) is 0 Å². The highest BCUT2D eigenvalue weighted by molar-refractivity contribution is 9.10. The molecule has 0 saturated carbocycles. The highest BCUT2D eigenvalue weighted by Gasteiger charge is 2.10. The third kappa shape index (κ3) is 4.66. The van der Waals surface area contributed by atoms with Crippen molar-refractivity contribution in [2.75, 3.05) is 0 Å². The number of rotatable bonds is 5. The van der Waals surface area contributed by atoms with Gasteiger partial charge in [-0.3, -0.25) is 0 Å². The van der Waals surface area contributed by atoms with Crippen molar-refractivity contribution >= 4 is 27.5 Å². The van der Waals surface area contributed by atoms with Crippen molar-refractivity contribution in [2.45, 2.75) is 26.4 Å². The molecule has 0 bridgehead atoms. The topological polar surface area (TPSA) is 34.2 Å². The SMILES string of the molecule is CC(C)NCc1cc(Br)cnc1Oc1ccc(Cl)c(F)c1. The van der Waals surface area contributed by atoms with Gasteiger partial charge in [-0.15, -0.1) is 0 Å². The molecule has 2 rings (SSSR count). The second-order valence-corrected chi connectivity index (χ2v) is 6.15. The Labute approximate surface area is 136 Å². The number of benzene rings is 1. The number of nitrogens with zero attached hydrogens (tertiary/aromatic N) is 1. The van der Waals surface area contributed by atoms with Gasteiger partial charge in [-0.05, 0) is 34.1 Å². The maximum atomic E-state index is 13.4. The summed E-state index contributed by atoms with van der Waals surface area (Å²) in [6, 6.07) is 6.56. The minimum absolute atomic E-state index is 0.0628. The molecular formula is C15H15BrClFN2O. The summed E-state index contributed by atoms with van der Waals surface area (Å²) in [5.41, 5.74) is 0.883. The molecule has 21 heavy (non-hydrogen) atoms. The second kappa shape index (κ2) is 7.20. The van der Waals surface area contributed by atoms with E-state index in [-0.39, 0.29) is 5.02 Å². The second-order valence-electron chi connectivity index (χ2n) is 4.83. The van der Waals surface area contributed by atoms with E-state index in [1.54, 1.807) is 12.3 Å². The summed E-state index contributed by atoms with van der Waals surface area (Å²) in [7, 11) is 0. The normalized spacial score (nSPS) is 11.0. The molecule has 6 heteroatoms. The van der Waals surface area contributed by atoms with Crippen LogP contribution in [-0.4, -0.2) is 11.0 Å². The lowest BCUT2D eigenvalue weighted by atomic mass is 10.2. The third-order valence-electron chi connectivity index (χ3n) is 2.70. The molecule has 0 amide bonds. The van der Waals surface area contributed by atoms with Gasteiger partial charge >= 0.3 is 0 Å². The smallest absolute Gasteiger partial charge is 0.223 e. The van der Waals surface area contributed by atoms with Gasteiger partial charge in [0, 0.05) is 34.9 Å². The number of nitrogens with one attached hydrogen (secondary N) is 1. The van der Waals surface area contributed by atoms with Gasteiger partial charge in [-0.1, -0.05) is 25.4 Å². The summed E-state index contributed by atoms with van der Waals surface area (Å²) >= 11 is 9.04. The summed E-state index contributed by atoms with van der Waals surface area (Å²) in [5.74, 6) is 0.277. The van der Waals surface area contributed by atoms with Crippen LogP contribution in [0.2, 0.25) is 5.02 Å². The Hall–Kier alpha value is -1.17. The largest absolute Gasteiger partial charge is 0.439 e. The first-order valence-corrected chi connectivity index (χ1v) is 7.63. The third-order valence-corrected chi connectivity index (χ3v) is 3.44. The molecule has 1 aromatic heterocycles. The van der Waals surface area contributed by atoms with Gasteiger partial charge in [-0.25, -0.2) is 9.37 Å². The Bertz CT molecular complexity index is 637. The molecule has 3 nitrogen and oxygen atoms in total. The van der Waals surface area contributed by atoms with Crippen LogP contribution in [0.3, 0.4) is 0 Å². The fraction of sp³-hybridized carbons (Fsp3) is 0.267. The average Bonchev–Trinajstić information content (AvgIpc) is 2.43. The fourth-order valence-electron chi connectivity index (χ4n) is 1.65. The van der Waals surface area contributed by atoms with Gasteiger partial charge < -0.3 is 10.1 Å². The van der Waals surface area contributed by atoms with E-state index >= 15 is 0 Å². The standard InChI is InChI=1S/C15H15BrClFN2O/c1-9(2)19-7-10-5-11(16)8-20-15(10)21-12-3-4-13(17)14(18)6-12/h3-6,8-9,19H,7H2,1-2H3. The van der Waals surface area contributed by atoms with Crippen LogP contribution in [-0.2, 0) is 6.54 Å². The first-order chi connectivity index (χ1) is 9.95. The number of pyridine rings is 1. The van der Waals surface area contributed by atoms with E-state index in [1.165, 1.54) is 12.1 Å². The Kier molecular flexibility index (Phi) is 5.56. The first kappa shape index (κ1) is 16.2. The monoisotopic (exact) mass is 372 g/mol. The van der Waals surface area contributed by atoms with Crippen molar-refractivity contribution in [1.82, 2.24) is 10.3 Å². The predicted molar refractivity (Wildman–Crippen MR) is 85.4 cm³/mol. The number of halogens is 3. The quantitative estimate of drug-likeness (QED) is 0.807. The molecule has 0 aliphatic heterocycles. The minimum atomic E-state index is -0.520. The Morgan fingerprint density at radius 2 is 2.14 bits per heavy atom. The average molecular weight is 374 g/mol. The summed E-state index contributed by atoms with van der Waals surface area (Å²) in [4.78, 5) is 4.24. The minimum Gasteiger partial charge on any atom is -0.439 e. The lowest BCUT2D eigenvalue weighted by Gasteiger charge is -2.13. The van der Waals surface area contributed by atoms with Crippen molar-refractivity contribution < 1.29 is 9.13 Å². The van der Waals surface area contributed by atoms with Crippen LogP contribution >= 0.6 is 27.5 Å². The van der Waals surface area contributed by atoms with Gasteiger partial charge in [0.1, 0.15) is 11.6 Å². The molecule has 0 spiro atoms. The van der Waals surface area contributed by atoms with Crippen LogP contribution < -0.4 is 10.1 Å². The van der Waals surface area contributed by atoms with Crippen molar-refractivity contribution in [1.29, 1.82) is 0 Å². The highest BCUT2D eigenvalue weighted by atomic mass is 79.9. The van der Waals surface area contributed by atoms with E-state index < -0.39 is 5.82 Å². The zero-order valence-electron chi connectivity index (χ0n) is 11.7. The van der Waals surface area contributed by atoms with E-state index in [0.717, 1.165) is 10.0 Å². The van der Waals surface area contributed by atoms with E-state index in [9.17, 15) is 4.39 Å². The summed E-state index contributed by atoms with van der Waals surface area (Å²) in [6.45, 7) is 4.72. The summed E-state index contributed by atoms with van der Waals surface area (Å²) < 4.78 is 20.0. The molecule has 0 saturated heterocycles. The maximum Gasteiger partial charge on any atom is 0.223 e. The fourth-order valence-corrected chi connectivity index (χ4v) is 2.15. The molecular weight excluding hydrogens is 359 g/mol. The Morgan fingerprint density at radius 3 is 2.81 bits per heavy atom. The molecule has 2 aromatic rings. The number of ether oxygens (including phenoxy) is 1. The van der Waals surface area contributed by atoms with Crippen LogP contribution in [0, 0.1) is 5.82 Å². The number of aromatic nitrogens is 1. The van der Waals surface area contributed by atoms with Gasteiger partial charge in [0.15, 0.2) is 0 Å². The maximum absolute atomic E-state index is 13.4. The molecule has 0 unspecified atom stereocenters. The van der Waals surface area contributed by atoms with Gasteiger partial charge in [0.2, 0.25) is 5.88 Å². The van der Waals surface area contributed by atoms with Crippen LogP contribution in [0.1, 0.15) is 19.4 Å². The summed E-state index contributed by atoms with van der Waals surface area (Å²) in [5, 5.41) is 3.36. The van der Waals surface area contributed by atoms with E-state index in [2.05, 4.69) is 40.1 Å². The predicted octanol–water partition coefficient (Wildman–Crippen LogP) is 4.93. The van der Waals surface area contributed by atoms with Crippen molar-refractivity contribution in [3.8, 4) is 11.6 Å². The van der Waals surface area contributed by atoms with Crippen molar-refractivity contribution in [3.05, 3.63) is 51.3 Å². The molecule has 1 N–H and O–H groups in total. The molecule has 0 fully saturated rings. The van der Waals surface area contributed by atoms with E-state index in [1.807, 2.05) is 6.07 Å². The summed E-state index contributed by atoms with van der Waals surface area (Å²) in [6.07, 6.45) is 1.64. The molecule has 1 heterocycles. The molecule has 1 aromatic carbocycles. The van der Waals surface area contributed by atoms with Gasteiger partial charge in [0.05, 0.1) is 5.02 Å². The Balaban J connectivity index is 2.23. The van der Waals surface area contributed by atoms with Gasteiger partial charge in [0.25, 0.3) is 0 Å². The zero-order chi connectivity index (χ0) is 15.4. The molecule has 0 atom stereocenters. The van der Waals surface area contributed by atoms with E-state index in [0.29, 0.717) is 24.2 Å². The highest BCUT2D eigenvalue weighted by Crippen LogP contribution is 2.28. The lowest BCUT2D eigenvalue weighted by molar-refractivity contribution is 0.446. The number of hydrogen-bond acceptors (Lipinski definition) is 3. The van der Waals surface area contributed by atoms with Crippen molar-refractivity contribution in [3.63, 3.8) is 0 Å². The molecule has 0 aliphatic carbocycles. The van der Waals surface area contributed by atoms with E-state index in [4.69, 9.17) is 16.3 Å². The number of hydrogen-bond donors (Lipinski definition) is 1. The van der Waals surface area contributed by atoms with Crippen LogP contribution in [0.15, 0.2) is 34.9 Å². The zero-order valence-corrected chi connectivity index (χ0v) is 14.0. The first-order valence-electron chi connectivity index (χ1n) is 6.46. The lowest BCUT2D eigenvalue weighted by Crippen LogP contribution is -2.22. The molecule has 0 aliphatic rings. The van der Waals surface area contributed by atoms with Crippen LogP contribution in [0.4, 0.5) is 4.39 Å².